The third kappa shape index (κ3) is 6.01. The van der Waals surface area contributed by atoms with Gasteiger partial charge in [-0.25, -0.2) is 9.97 Å². The van der Waals surface area contributed by atoms with Gasteiger partial charge in [0, 0.05) is 48.8 Å². The Kier molecular flexibility index (Phi) is 8.03. The first-order valence-electron chi connectivity index (χ1n) is 11.9. The molecule has 2 saturated heterocycles. The number of carbonyl (C=O) groups excluding carboxylic acids is 1. The molecule has 0 saturated carbocycles. The minimum Gasteiger partial charge on any atom is -0.376 e. The molecule has 7 heteroatoms. The minimum atomic E-state index is -0.0426. The maximum Gasteiger partial charge on any atom is 0.251 e. The number of aromatic nitrogens is 2. The molecule has 2 atom stereocenters. The van der Waals surface area contributed by atoms with Gasteiger partial charge in [-0.15, -0.1) is 0 Å². The normalized spacial score (nSPS) is 21.0. The molecule has 3 heterocycles. The number of carbonyl (C=O) groups is 1. The van der Waals surface area contributed by atoms with Crippen molar-refractivity contribution >= 4 is 23.5 Å². The zero-order chi connectivity index (χ0) is 22.3. The number of piperidine rings is 1. The summed E-state index contributed by atoms with van der Waals surface area (Å²) >= 11 is 1.66. The van der Waals surface area contributed by atoms with Gasteiger partial charge in [-0.3, -0.25) is 4.79 Å². The predicted octanol–water partition coefficient (Wildman–Crippen LogP) is 4.62. The summed E-state index contributed by atoms with van der Waals surface area (Å²) in [6.45, 7) is 6.89. The Hall–Kier alpha value is -2.12. The smallest absolute Gasteiger partial charge is 0.251 e. The van der Waals surface area contributed by atoms with E-state index in [1.54, 1.807) is 11.8 Å². The molecule has 2 aliphatic heterocycles. The summed E-state index contributed by atoms with van der Waals surface area (Å²) < 4.78 is 5.57. The predicted molar refractivity (Wildman–Crippen MR) is 129 cm³/mol. The molecule has 1 amide bonds. The van der Waals surface area contributed by atoms with Gasteiger partial charge < -0.3 is 15.0 Å². The Morgan fingerprint density at radius 2 is 2.03 bits per heavy atom. The SMILES string of the molecule is CCc1cc(N2CCCC[C@@H]2C)nc(SCc2ccc(C(=O)NC[C@@H]3CCCO3)cc2)n1. The van der Waals surface area contributed by atoms with Crippen LogP contribution in [0.2, 0.25) is 0 Å². The van der Waals surface area contributed by atoms with Gasteiger partial charge in [-0.1, -0.05) is 30.8 Å². The summed E-state index contributed by atoms with van der Waals surface area (Å²) in [5.41, 5.74) is 2.93. The third-order valence-electron chi connectivity index (χ3n) is 6.30. The fraction of sp³-hybridized carbons (Fsp3) is 0.560. The number of anilines is 1. The lowest BCUT2D eigenvalue weighted by atomic mass is 10.0. The molecule has 2 fully saturated rings. The van der Waals surface area contributed by atoms with Crippen molar-refractivity contribution in [1.82, 2.24) is 15.3 Å². The van der Waals surface area contributed by atoms with Gasteiger partial charge in [0.2, 0.25) is 0 Å². The third-order valence-corrected chi connectivity index (χ3v) is 7.22. The molecule has 6 nitrogen and oxygen atoms in total. The van der Waals surface area contributed by atoms with E-state index in [0.717, 1.165) is 60.4 Å². The summed E-state index contributed by atoms with van der Waals surface area (Å²) in [5.74, 6) is 1.80. The molecule has 2 aromatic rings. The molecule has 32 heavy (non-hydrogen) atoms. The fourth-order valence-electron chi connectivity index (χ4n) is 4.30. The number of hydrogen-bond acceptors (Lipinski definition) is 6. The van der Waals surface area contributed by atoms with Crippen LogP contribution >= 0.6 is 11.8 Å². The highest BCUT2D eigenvalue weighted by atomic mass is 32.2. The second-order valence-corrected chi connectivity index (χ2v) is 9.66. The Bertz CT molecular complexity index is 899. The number of thioether (sulfide) groups is 1. The first-order chi connectivity index (χ1) is 15.6. The van der Waals surface area contributed by atoms with E-state index in [0.29, 0.717) is 18.2 Å². The highest BCUT2D eigenvalue weighted by molar-refractivity contribution is 7.98. The van der Waals surface area contributed by atoms with E-state index >= 15 is 0 Å². The van der Waals surface area contributed by atoms with Crippen LogP contribution in [0.5, 0.6) is 0 Å². The van der Waals surface area contributed by atoms with E-state index in [1.165, 1.54) is 19.3 Å². The highest BCUT2D eigenvalue weighted by Gasteiger charge is 2.21. The minimum absolute atomic E-state index is 0.0426. The molecule has 4 rings (SSSR count). The van der Waals surface area contributed by atoms with Crippen molar-refractivity contribution in [3.8, 4) is 0 Å². The molecule has 0 bridgehead atoms. The topological polar surface area (TPSA) is 67.4 Å². The average Bonchev–Trinajstić information content (AvgIpc) is 3.35. The molecule has 1 aromatic heterocycles. The summed E-state index contributed by atoms with van der Waals surface area (Å²) in [6, 6.07) is 10.5. The van der Waals surface area contributed by atoms with Crippen molar-refractivity contribution in [2.24, 2.45) is 0 Å². The second kappa shape index (κ2) is 11.1. The first-order valence-corrected chi connectivity index (χ1v) is 12.9. The molecule has 0 aliphatic carbocycles. The number of nitrogens with one attached hydrogen (secondary N) is 1. The van der Waals surface area contributed by atoms with Crippen LogP contribution in [0.25, 0.3) is 0 Å². The van der Waals surface area contributed by atoms with Crippen LogP contribution in [0.1, 0.15) is 67.6 Å². The maximum absolute atomic E-state index is 12.4. The van der Waals surface area contributed by atoms with Crippen molar-refractivity contribution in [2.75, 3.05) is 24.6 Å². The van der Waals surface area contributed by atoms with Gasteiger partial charge in [-0.05, 0) is 63.1 Å². The number of hydrogen-bond donors (Lipinski definition) is 1. The molecule has 1 aromatic carbocycles. The molecule has 1 N–H and O–H groups in total. The Morgan fingerprint density at radius 3 is 2.75 bits per heavy atom. The van der Waals surface area contributed by atoms with Crippen molar-refractivity contribution in [3.05, 3.63) is 47.2 Å². The van der Waals surface area contributed by atoms with Crippen LogP contribution in [0.4, 0.5) is 5.82 Å². The van der Waals surface area contributed by atoms with Crippen molar-refractivity contribution < 1.29 is 9.53 Å². The fourth-order valence-corrected chi connectivity index (χ4v) is 5.13. The van der Waals surface area contributed by atoms with Gasteiger partial charge in [0.25, 0.3) is 5.91 Å². The standard InChI is InChI=1S/C25H34N4O2S/c1-3-21-15-23(29-13-5-4-7-18(29)2)28-25(27-21)32-17-19-9-11-20(12-10-19)24(30)26-16-22-8-6-14-31-22/h9-12,15,18,22H,3-8,13-14,16-17H2,1-2H3,(H,26,30)/t18-,22-/m0/s1. The molecule has 0 radical (unpaired) electrons. The van der Waals surface area contributed by atoms with Gasteiger partial charge in [0.05, 0.1) is 6.10 Å². The zero-order valence-corrected chi connectivity index (χ0v) is 20.0. The Balaban J connectivity index is 1.35. The number of benzene rings is 1. The molecule has 0 unspecified atom stereocenters. The lowest BCUT2D eigenvalue weighted by molar-refractivity contribution is 0.0858. The van der Waals surface area contributed by atoms with Gasteiger partial charge in [0.1, 0.15) is 5.82 Å². The zero-order valence-electron chi connectivity index (χ0n) is 19.2. The van der Waals surface area contributed by atoms with Crippen LogP contribution in [-0.4, -0.2) is 47.7 Å². The van der Waals surface area contributed by atoms with E-state index in [4.69, 9.17) is 14.7 Å². The molecule has 2 aliphatic rings. The van der Waals surface area contributed by atoms with Crippen LogP contribution in [0, 0.1) is 0 Å². The first kappa shape index (κ1) is 23.1. The van der Waals surface area contributed by atoms with Crippen molar-refractivity contribution in [2.45, 2.75) is 75.4 Å². The number of ether oxygens (including phenoxy) is 1. The van der Waals surface area contributed by atoms with Crippen LogP contribution in [-0.2, 0) is 16.9 Å². The van der Waals surface area contributed by atoms with Crippen LogP contribution in [0.3, 0.4) is 0 Å². The average molecular weight is 455 g/mol. The van der Waals surface area contributed by atoms with Crippen molar-refractivity contribution in [1.29, 1.82) is 0 Å². The van der Waals surface area contributed by atoms with Crippen LogP contribution in [0.15, 0.2) is 35.5 Å². The maximum atomic E-state index is 12.4. The van der Waals surface area contributed by atoms with E-state index in [2.05, 4.69) is 30.1 Å². The highest BCUT2D eigenvalue weighted by Crippen LogP contribution is 2.27. The van der Waals surface area contributed by atoms with Crippen molar-refractivity contribution in [3.63, 3.8) is 0 Å². The summed E-state index contributed by atoms with van der Waals surface area (Å²) in [7, 11) is 0. The Morgan fingerprint density at radius 1 is 1.19 bits per heavy atom. The number of amides is 1. The van der Waals surface area contributed by atoms with Gasteiger partial charge in [0.15, 0.2) is 5.16 Å². The Labute approximate surface area is 195 Å². The van der Waals surface area contributed by atoms with Gasteiger partial charge in [-0.2, -0.15) is 0 Å². The molecule has 0 spiro atoms. The lowest BCUT2D eigenvalue weighted by Crippen LogP contribution is -2.38. The monoisotopic (exact) mass is 454 g/mol. The number of nitrogens with zero attached hydrogens (tertiary/aromatic N) is 3. The van der Waals surface area contributed by atoms with Crippen LogP contribution < -0.4 is 10.2 Å². The second-order valence-electron chi connectivity index (χ2n) is 8.72. The van der Waals surface area contributed by atoms with E-state index in [1.807, 2.05) is 24.3 Å². The van der Waals surface area contributed by atoms with Gasteiger partial charge >= 0.3 is 0 Å². The quantitative estimate of drug-likeness (QED) is 0.464. The molecule has 172 valence electrons. The summed E-state index contributed by atoms with van der Waals surface area (Å²) in [4.78, 5) is 24.4. The van der Waals surface area contributed by atoms with E-state index < -0.39 is 0 Å². The largest absolute Gasteiger partial charge is 0.376 e. The lowest BCUT2D eigenvalue weighted by Gasteiger charge is -2.34. The van der Waals surface area contributed by atoms with E-state index in [-0.39, 0.29) is 12.0 Å². The summed E-state index contributed by atoms with van der Waals surface area (Å²) in [5, 5.41) is 3.81. The summed E-state index contributed by atoms with van der Waals surface area (Å²) in [6.07, 6.45) is 6.92. The van der Waals surface area contributed by atoms with E-state index in [9.17, 15) is 4.79 Å². The number of rotatable bonds is 8. The molecular weight excluding hydrogens is 420 g/mol. The molecular formula is C25H34N4O2S. The number of aryl methyl sites for hydroxylation is 1.